The Hall–Kier alpha value is -1.26. The molecule has 5 heteroatoms. The minimum Gasteiger partial charge on any atom is -0.469 e. The number of aliphatic imine (C=N–C) groups is 1. The molecule has 0 aliphatic carbocycles. The fourth-order valence-electron chi connectivity index (χ4n) is 1.90. The van der Waals surface area contributed by atoms with E-state index in [1.54, 1.807) is 0 Å². The van der Waals surface area contributed by atoms with Crippen LogP contribution in [0.4, 0.5) is 0 Å². The number of piperidine rings is 1. The second-order valence-electron chi connectivity index (χ2n) is 4.32. The minimum absolute atomic E-state index is 0.155. The van der Waals surface area contributed by atoms with Crippen LogP contribution < -0.4 is 5.73 Å². The standard InChI is InChI=1S/C12H23N3O2/c1-17-11(16)7-3-4-8-14-12(13)15-9-5-2-6-10-15/h2-10H2,1H3,(H2,13,14). The van der Waals surface area contributed by atoms with Gasteiger partial charge in [-0.3, -0.25) is 9.79 Å². The van der Waals surface area contributed by atoms with Crippen LogP contribution in [-0.2, 0) is 9.53 Å². The first-order chi connectivity index (χ1) is 8.24. The smallest absolute Gasteiger partial charge is 0.305 e. The van der Waals surface area contributed by atoms with Crippen molar-refractivity contribution < 1.29 is 9.53 Å². The number of hydrogen-bond donors (Lipinski definition) is 1. The summed E-state index contributed by atoms with van der Waals surface area (Å²) in [6, 6.07) is 0. The predicted molar refractivity (Wildman–Crippen MR) is 67.8 cm³/mol. The Kier molecular flexibility index (Phi) is 6.43. The van der Waals surface area contributed by atoms with Crippen molar-refractivity contribution in [3.63, 3.8) is 0 Å². The molecule has 0 amide bonds. The van der Waals surface area contributed by atoms with E-state index in [0.717, 1.165) is 25.9 Å². The summed E-state index contributed by atoms with van der Waals surface area (Å²) in [5.74, 6) is 0.501. The van der Waals surface area contributed by atoms with Gasteiger partial charge in [-0.15, -0.1) is 0 Å². The quantitative estimate of drug-likeness (QED) is 0.339. The van der Waals surface area contributed by atoms with Crippen LogP contribution >= 0.6 is 0 Å². The maximum Gasteiger partial charge on any atom is 0.305 e. The molecule has 0 radical (unpaired) electrons. The molecule has 2 N–H and O–H groups in total. The zero-order chi connectivity index (χ0) is 12.5. The van der Waals surface area contributed by atoms with Crippen molar-refractivity contribution in [2.75, 3.05) is 26.7 Å². The third kappa shape index (κ3) is 5.56. The van der Waals surface area contributed by atoms with Gasteiger partial charge in [0.15, 0.2) is 5.96 Å². The van der Waals surface area contributed by atoms with Crippen LogP contribution in [-0.4, -0.2) is 43.6 Å². The summed E-state index contributed by atoms with van der Waals surface area (Å²) in [4.78, 5) is 17.3. The van der Waals surface area contributed by atoms with E-state index >= 15 is 0 Å². The van der Waals surface area contributed by atoms with Gasteiger partial charge in [0.25, 0.3) is 0 Å². The topological polar surface area (TPSA) is 67.9 Å². The van der Waals surface area contributed by atoms with E-state index in [-0.39, 0.29) is 5.97 Å². The van der Waals surface area contributed by atoms with Crippen molar-refractivity contribution in [3.05, 3.63) is 0 Å². The van der Waals surface area contributed by atoms with Gasteiger partial charge in [-0.25, -0.2) is 0 Å². The van der Waals surface area contributed by atoms with Crippen molar-refractivity contribution in [1.29, 1.82) is 0 Å². The molecule has 0 unspecified atom stereocenters. The highest BCUT2D eigenvalue weighted by Crippen LogP contribution is 2.08. The molecule has 1 saturated heterocycles. The van der Waals surface area contributed by atoms with Gasteiger partial charge < -0.3 is 15.4 Å². The van der Waals surface area contributed by atoms with E-state index in [1.807, 2.05) is 0 Å². The molecular weight excluding hydrogens is 218 g/mol. The number of nitrogens with zero attached hydrogens (tertiary/aromatic N) is 2. The Labute approximate surface area is 103 Å². The molecular formula is C12H23N3O2. The number of rotatable bonds is 5. The molecule has 1 fully saturated rings. The maximum absolute atomic E-state index is 10.9. The van der Waals surface area contributed by atoms with Gasteiger partial charge >= 0.3 is 5.97 Å². The van der Waals surface area contributed by atoms with Crippen LogP contribution in [0.5, 0.6) is 0 Å². The van der Waals surface area contributed by atoms with E-state index < -0.39 is 0 Å². The summed E-state index contributed by atoms with van der Waals surface area (Å²) in [7, 11) is 1.41. The number of likely N-dealkylation sites (tertiary alicyclic amines) is 1. The minimum atomic E-state index is -0.155. The second kappa shape index (κ2) is 7.92. The number of ether oxygens (including phenoxy) is 1. The molecule has 0 bridgehead atoms. The molecule has 0 aromatic rings. The molecule has 0 atom stereocenters. The average Bonchev–Trinajstić information content (AvgIpc) is 2.38. The molecule has 98 valence electrons. The van der Waals surface area contributed by atoms with Crippen LogP contribution in [0.3, 0.4) is 0 Å². The SMILES string of the molecule is COC(=O)CCCCN=C(N)N1CCCCC1. The zero-order valence-corrected chi connectivity index (χ0v) is 10.7. The lowest BCUT2D eigenvalue weighted by molar-refractivity contribution is -0.140. The highest BCUT2D eigenvalue weighted by Gasteiger charge is 2.11. The molecule has 0 spiro atoms. The molecule has 1 aliphatic heterocycles. The molecule has 1 aliphatic rings. The van der Waals surface area contributed by atoms with Crippen molar-refractivity contribution in [2.24, 2.45) is 10.7 Å². The van der Waals surface area contributed by atoms with E-state index in [0.29, 0.717) is 18.9 Å². The molecule has 0 aromatic heterocycles. The first kappa shape index (κ1) is 13.8. The fraction of sp³-hybridized carbons (Fsp3) is 0.833. The number of methoxy groups -OCH3 is 1. The van der Waals surface area contributed by atoms with Gasteiger partial charge in [0.1, 0.15) is 0 Å². The van der Waals surface area contributed by atoms with Crippen molar-refractivity contribution in [2.45, 2.75) is 38.5 Å². The van der Waals surface area contributed by atoms with Crippen LogP contribution in [0.2, 0.25) is 0 Å². The van der Waals surface area contributed by atoms with Gasteiger partial charge in [-0.05, 0) is 32.1 Å². The summed E-state index contributed by atoms with van der Waals surface area (Å²) in [6.07, 6.45) is 5.86. The normalized spacial score (nSPS) is 17.0. The Balaban J connectivity index is 2.12. The third-order valence-electron chi connectivity index (χ3n) is 2.97. The van der Waals surface area contributed by atoms with Crippen LogP contribution in [0.15, 0.2) is 4.99 Å². The number of unbranched alkanes of at least 4 members (excludes halogenated alkanes) is 1. The Morgan fingerprint density at radius 3 is 2.65 bits per heavy atom. The summed E-state index contributed by atoms with van der Waals surface area (Å²) in [5.41, 5.74) is 5.90. The average molecular weight is 241 g/mol. The van der Waals surface area contributed by atoms with Gasteiger partial charge in [0.05, 0.1) is 7.11 Å². The summed E-state index contributed by atoms with van der Waals surface area (Å²) < 4.78 is 4.57. The lowest BCUT2D eigenvalue weighted by atomic mass is 10.1. The number of carbonyl (C=O) groups is 1. The van der Waals surface area contributed by atoms with Gasteiger partial charge in [0, 0.05) is 26.1 Å². The first-order valence-electron chi connectivity index (χ1n) is 6.35. The summed E-state index contributed by atoms with van der Waals surface area (Å²) >= 11 is 0. The maximum atomic E-state index is 10.9. The third-order valence-corrected chi connectivity index (χ3v) is 2.97. The number of guanidine groups is 1. The monoisotopic (exact) mass is 241 g/mol. The predicted octanol–water partition coefficient (Wildman–Crippen LogP) is 1.13. The lowest BCUT2D eigenvalue weighted by Gasteiger charge is -2.27. The molecule has 0 saturated carbocycles. The molecule has 1 heterocycles. The lowest BCUT2D eigenvalue weighted by Crippen LogP contribution is -2.40. The number of esters is 1. The number of nitrogens with two attached hydrogens (primary N) is 1. The highest BCUT2D eigenvalue weighted by atomic mass is 16.5. The van der Waals surface area contributed by atoms with E-state index in [9.17, 15) is 4.79 Å². The summed E-state index contributed by atoms with van der Waals surface area (Å²) in [5, 5.41) is 0. The second-order valence-corrected chi connectivity index (χ2v) is 4.32. The molecule has 1 rings (SSSR count). The zero-order valence-electron chi connectivity index (χ0n) is 10.7. The van der Waals surface area contributed by atoms with Gasteiger partial charge in [-0.2, -0.15) is 0 Å². The Bertz CT molecular complexity index is 260. The van der Waals surface area contributed by atoms with Crippen molar-refractivity contribution in [3.8, 4) is 0 Å². The Morgan fingerprint density at radius 2 is 2.00 bits per heavy atom. The van der Waals surface area contributed by atoms with Crippen LogP contribution in [0, 0.1) is 0 Å². The number of carbonyl (C=O) groups excluding carboxylic acids is 1. The van der Waals surface area contributed by atoms with Crippen LogP contribution in [0.1, 0.15) is 38.5 Å². The largest absolute Gasteiger partial charge is 0.469 e. The van der Waals surface area contributed by atoms with E-state index in [4.69, 9.17) is 5.73 Å². The molecule has 17 heavy (non-hydrogen) atoms. The highest BCUT2D eigenvalue weighted by molar-refractivity contribution is 5.78. The summed E-state index contributed by atoms with van der Waals surface area (Å²) in [6.45, 7) is 2.74. The van der Waals surface area contributed by atoms with E-state index in [1.165, 1.54) is 26.4 Å². The molecule has 5 nitrogen and oxygen atoms in total. The first-order valence-corrected chi connectivity index (χ1v) is 6.35. The number of hydrogen-bond acceptors (Lipinski definition) is 3. The molecule has 0 aromatic carbocycles. The van der Waals surface area contributed by atoms with Crippen molar-refractivity contribution >= 4 is 11.9 Å². The Morgan fingerprint density at radius 1 is 1.29 bits per heavy atom. The fourth-order valence-corrected chi connectivity index (χ4v) is 1.90. The van der Waals surface area contributed by atoms with Gasteiger partial charge in [0.2, 0.25) is 0 Å². The van der Waals surface area contributed by atoms with E-state index in [2.05, 4.69) is 14.6 Å². The van der Waals surface area contributed by atoms with Gasteiger partial charge in [-0.1, -0.05) is 0 Å². The van der Waals surface area contributed by atoms with Crippen molar-refractivity contribution in [1.82, 2.24) is 4.90 Å². The van der Waals surface area contributed by atoms with Crippen LogP contribution in [0.25, 0.3) is 0 Å².